The van der Waals surface area contributed by atoms with E-state index in [4.69, 9.17) is 14.2 Å². The number of esters is 1. The maximum atomic E-state index is 11.8. The zero-order chi connectivity index (χ0) is 19.2. The maximum Gasteiger partial charge on any atom is 0.303 e. The number of likely N-dealkylation sites (N-methyl/N-ethyl adjacent to an activating group) is 1. The number of piperidine rings is 1. The number of alkyl halides is 1. The lowest BCUT2D eigenvalue weighted by molar-refractivity contribution is -0.163. The van der Waals surface area contributed by atoms with E-state index >= 15 is 0 Å². The zero-order valence-corrected chi connectivity index (χ0v) is 17.6. The van der Waals surface area contributed by atoms with Crippen molar-refractivity contribution in [2.24, 2.45) is 0 Å². The van der Waals surface area contributed by atoms with Crippen LogP contribution in [0.4, 0.5) is 0 Å². The van der Waals surface area contributed by atoms with Gasteiger partial charge < -0.3 is 19.1 Å². The minimum atomic E-state index is -0.706. The molecule has 5 nitrogen and oxygen atoms in total. The minimum absolute atomic E-state index is 0.289. The standard InChI is InChI=1S/C21H24BrNO4/c1-12(24)26-16-7-8-21(22)15-11-13-5-6-14(25-4)18-17(13)20(21,9-10-23(15)3)19(16,2)27-18/h5-8,15-16H,9-11H2,1-4H3/t15-,16+,19+,20+,21-/m0/s1. The summed E-state index contributed by atoms with van der Waals surface area (Å²) in [5.74, 6) is 1.26. The molecule has 144 valence electrons. The quantitative estimate of drug-likeness (QED) is 0.407. The molecule has 1 aromatic carbocycles. The fourth-order valence-corrected chi connectivity index (χ4v) is 7.56. The predicted molar refractivity (Wildman–Crippen MR) is 105 cm³/mol. The Morgan fingerprint density at radius 3 is 2.89 bits per heavy atom. The Morgan fingerprint density at radius 2 is 2.19 bits per heavy atom. The Labute approximate surface area is 167 Å². The second-order valence-corrected chi connectivity index (χ2v) is 9.67. The average Bonchev–Trinajstić information content (AvgIpc) is 2.89. The Hall–Kier alpha value is -1.53. The van der Waals surface area contributed by atoms with E-state index in [2.05, 4.69) is 46.9 Å². The molecule has 0 amide bonds. The number of nitrogens with zero attached hydrogens (tertiary/aromatic N) is 1. The number of halogens is 1. The fraction of sp³-hybridized carbons (Fsp3) is 0.571. The number of hydrogen-bond acceptors (Lipinski definition) is 5. The molecule has 0 aromatic heterocycles. The first kappa shape index (κ1) is 17.6. The van der Waals surface area contributed by atoms with E-state index in [1.165, 1.54) is 18.1 Å². The first-order valence-electron chi connectivity index (χ1n) is 9.43. The minimum Gasteiger partial charge on any atom is -0.493 e. The number of likely N-dealkylation sites (tertiary alicyclic amines) is 1. The molecule has 1 saturated heterocycles. The molecular formula is C21H24BrNO4. The van der Waals surface area contributed by atoms with Gasteiger partial charge in [-0.25, -0.2) is 0 Å². The van der Waals surface area contributed by atoms with Crippen LogP contribution < -0.4 is 9.47 Å². The molecule has 1 spiro atoms. The normalized spacial score (nSPS) is 40.9. The van der Waals surface area contributed by atoms with Crippen LogP contribution >= 0.6 is 15.9 Å². The lowest BCUT2D eigenvalue weighted by atomic mass is 9.49. The third-order valence-electron chi connectivity index (χ3n) is 7.29. The van der Waals surface area contributed by atoms with Crippen molar-refractivity contribution in [2.75, 3.05) is 20.7 Å². The van der Waals surface area contributed by atoms with Gasteiger partial charge in [-0.1, -0.05) is 28.1 Å². The van der Waals surface area contributed by atoms with Gasteiger partial charge in [0.2, 0.25) is 0 Å². The fourth-order valence-electron chi connectivity index (χ4n) is 6.10. The molecule has 2 bridgehead atoms. The van der Waals surface area contributed by atoms with E-state index in [0.29, 0.717) is 6.04 Å². The first-order valence-corrected chi connectivity index (χ1v) is 10.2. The zero-order valence-electron chi connectivity index (χ0n) is 16.0. The number of ether oxygens (including phenoxy) is 3. The second kappa shape index (κ2) is 5.29. The molecule has 2 heterocycles. The summed E-state index contributed by atoms with van der Waals surface area (Å²) in [5.41, 5.74) is 1.50. The molecule has 0 saturated carbocycles. The van der Waals surface area contributed by atoms with E-state index < -0.39 is 11.7 Å². The van der Waals surface area contributed by atoms with Crippen LogP contribution in [0.1, 0.15) is 31.4 Å². The Bertz CT molecular complexity index is 885. The highest BCUT2D eigenvalue weighted by Gasteiger charge is 2.76. The molecule has 1 fully saturated rings. The van der Waals surface area contributed by atoms with Crippen LogP contribution in [-0.2, 0) is 21.4 Å². The highest BCUT2D eigenvalue weighted by atomic mass is 79.9. The summed E-state index contributed by atoms with van der Waals surface area (Å²) >= 11 is 4.18. The molecule has 6 heteroatoms. The van der Waals surface area contributed by atoms with Gasteiger partial charge in [0.1, 0.15) is 0 Å². The molecule has 0 radical (unpaired) electrons. The predicted octanol–water partition coefficient (Wildman–Crippen LogP) is 2.98. The monoisotopic (exact) mass is 433 g/mol. The number of hydrogen-bond donors (Lipinski definition) is 0. The molecule has 2 aliphatic carbocycles. The van der Waals surface area contributed by atoms with Crippen molar-refractivity contribution in [3.05, 3.63) is 35.4 Å². The van der Waals surface area contributed by atoms with Gasteiger partial charge in [-0.15, -0.1) is 0 Å². The number of benzene rings is 1. The Morgan fingerprint density at radius 1 is 1.41 bits per heavy atom. The lowest BCUT2D eigenvalue weighted by Gasteiger charge is -2.64. The highest BCUT2D eigenvalue weighted by molar-refractivity contribution is 9.10. The van der Waals surface area contributed by atoms with Crippen molar-refractivity contribution < 1.29 is 19.0 Å². The highest BCUT2D eigenvalue weighted by Crippen LogP contribution is 2.70. The Kier molecular flexibility index (Phi) is 3.44. The largest absolute Gasteiger partial charge is 0.493 e. The molecule has 1 aromatic rings. The van der Waals surface area contributed by atoms with Crippen molar-refractivity contribution >= 4 is 21.9 Å². The van der Waals surface area contributed by atoms with Crippen LogP contribution in [0.25, 0.3) is 0 Å². The summed E-state index contributed by atoms with van der Waals surface area (Å²) < 4.78 is 17.8. The van der Waals surface area contributed by atoms with Gasteiger partial charge in [0, 0.05) is 18.5 Å². The van der Waals surface area contributed by atoms with E-state index in [1.807, 2.05) is 12.1 Å². The molecular weight excluding hydrogens is 410 g/mol. The number of carbonyl (C=O) groups is 1. The van der Waals surface area contributed by atoms with Crippen LogP contribution in [-0.4, -0.2) is 53.6 Å². The Balaban J connectivity index is 1.84. The van der Waals surface area contributed by atoms with Crippen molar-refractivity contribution in [2.45, 2.75) is 54.2 Å². The van der Waals surface area contributed by atoms with E-state index in [0.717, 1.165) is 30.9 Å². The van der Waals surface area contributed by atoms with Crippen LogP contribution in [0.2, 0.25) is 0 Å². The molecule has 4 aliphatic rings. The van der Waals surface area contributed by atoms with Gasteiger partial charge in [0.05, 0.1) is 16.8 Å². The summed E-state index contributed by atoms with van der Waals surface area (Å²) in [5, 5.41) is 0. The van der Waals surface area contributed by atoms with E-state index in [1.54, 1.807) is 7.11 Å². The van der Waals surface area contributed by atoms with Gasteiger partial charge in [-0.05, 0) is 51.1 Å². The van der Waals surface area contributed by atoms with Gasteiger partial charge in [0.25, 0.3) is 0 Å². The van der Waals surface area contributed by atoms with E-state index in [-0.39, 0.29) is 15.7 Å². The van der Waals surface area contributed by atoms with Crippen LogP contribution in [0, 0.1) is 0 Å². The maximum absolute atomic E-state index is 11.8. The summed E-state index contributed by atoms with van der Waals surface area (Å²) in [6.45, 7) is 4.52. The van der Waals surface area contributed by atoms with Crippen molar-refractivity contribution in [1.82, 2.24) is 4.90 Å². The lowest BCUT2D eigenvalue weighted by Crippen LogP contribution is -2.76. The first-order chi connectivity index (χ1) is 12.8. The number of carbonyl (C=O) groups excluding carboxylic acids is 1. The number of rotatable bonds is 2. The van der Waals surface area contributed by atoms with E-state index in [9.17, 15) is 4.79 Å². The SMILES string of the molecule is COc1ccc2c3c1O[C@]1(C)[C@H](OC(C)=O)C=C[C@]4(Br)[C@H](C2)N(C)CC[C@]341. The third-order valence-corrected chi connectivity index (χ3v) is 8.76. The van der Waals surface area contributed by atoms with Gasteiger partial charge >= 0.3 is 5.97 Å². The van der Waals surface area contributed by atoms with Crippen LogP contribution in [0.3, 0.4) is 0 Å². The smallest absolute Gasteiger partial charge is 0.303 e. The molecule has 0 unspecified atom stereocenters. The second-order valence-electron chi connectivity index (χ2n) is 8.35. The van der Waals surface area contributed by atoms with Crippen molar-refractivity contribution in [1.29, 1.82) is 0 Å². The van der Waals surface area contributed by atoms with Crippen molar-refractivity contribution in [3.8, 4) is 11.5 Å². The van der Waals surface area contributed by atoms with Crippen LogP contribution in [0.5, 0.6) is 11.5 Å². The topological polar surface area (TPSA) is 48.0 Å². The summed E-state index contributed by atoms with van der Waals surface area (Å²) in [6, 6.07) is 4.47. The van der Waals surface area contributed by atoms with Crippen LogP contribution in [0.15, 0.2) is 24.3 Å². The summed E-state index contributed by atoms with van der Waals surface area (Å²) in [7, 11) is 3.86. The van der Waals surface area contributed by atoms with Crippen molar-refractivity contribution in [3.63, 3.8) is 0 Å². The summed E-state index contributed by atoms with van der Waals surface area (Å²) in [6.07, 6.45) is 5.62. The molecule has 27 heavy (non-hydrogen) atoms. The molecule has 5 atom stereocenters. The van der Waals surface area contributed by atoms with Gasteiger partial charge in [0.15, 0.2) is 23.2 Å². The number of methoxy groups -OCH3 is 1. The summed E-state index contributed by atoms with van der Waals surface area (Å²) in [4.78, 5) is 14.3. The average molecular weight is 434 g/mol. The van der Waals surface area contributed by atoms with Gasteiger partial charge in [-0.2, -0.15) is 0 Å². The molecule has 0 N–H and O–H groups in total. The van der Waals surface area contributed by atoms with Gasteiger partial charge in [-0.3, -0.25) is 4.79 Å². The molecule has 5 rings (SSSR count). The third kappa shape index (κ3) is 1.82. The molecule has 2 aliphatic heterocycles.